The fourth-order valence-corrected chi connectivity index (χ4v) is 2.63. The summed E-state index contributed by atoms with van der Waals surface area (Å²) in [4.78, 5) is 23.4. The van der Waals surface area contributed by atoms with Gasteiger partial charge in [-0.05, 0) is 24.0 Å². The lowest BCUT2D eigenvalue weighted by molar-refractivity contribution is -0.121. The summed E-state index contributed by atoms with van der Waals surface area (Å²) in [6.07, 6.45) is 7.82. The molecule has 6 nitrogen and oxygen atoms in total. The van der Waals surface area contributed by atoms with Gasteiger partial charge in [0.25, 0.3) is 0 Å². The average molecular weight is 393 g/mol. The number of carbonyl (C=O) groups excluding carboxylic acids is 2. The fraction of sp³-hybridized carbons (Fsp3) is 0.304. The van der Waals surface area contributed by atoms with Crippen LogP contribution in [0.5, 0.6) is 0 Å². The minimum absolute atomic E-state index is 0.107. The molecule has 0 radical (unpaired) electrons. The Labute approximate surface area is 172 Å². The van der Waals surface area contributed by atoms with Crippen LogP contribution in [0.15, 0.2) is 70.9 Å². The van der Waals surface area contributed by atoms with E-state index in [-0.39, 0.29) is 11.8 Å². The zero-order valence-corrected chi connectivity index (χ0v) is 16.6. The first-order valence-electron chi connectivity index (χ1n) is 9.92. The third-order valence-corrected chi connectivity index (χ3v) is 4.21. The standard InChI is InChI=1S/C23H28N4O2/c28-22(26-24-18-16-20-10-4-1-5-11-20)14-8-3-9-15-23(29)27-25-19-17-21-12-6-2-7-13-21/h1-2,4-7,10-13,18-19H,3,8-9,14-17H2,(H,26,28)(H,27,29)/b24-18+,25-19+. The minimum atomic E-state index is -0.107. The van der Waals surface area contributed by atoms with E-state index in [9.17, 15) is 9.59 Å². The van der Waals surface area contributed by atoms with Crippen molar-refractivity contribution in [1.29, 1.82) is 0 Å². The van der Waals surface area contributed by atoms with Gasteiger partial charge >= 0.3 is 0 Å². The first-order valence-corrected chi connectivity index (χ1v) is 9.92. The summed E-state index contributed by atoms with van der Waals surface area (Å²) in [5.41, 5.74) is 7.36. The largest absolute Gasteiger partial charge is 0.273 e. The summed E-state index contributed by atoms with van der Waals surface area (Å²) in [5.74, 6) is -0.214. The molecule has 0 heterocycles. The number of carbonyl (C=O) groups is 2. The van der Waals surface area contributed by atoms with Crippen molar-refractivity contribution in [2.45, 2.75) is 44.9 Å². The minimum Gasteiger partial charge on any atom is -0.273 e. The Morgan fingerprint density at radius 1 is 0.655 bits per heavy atom. The molecule has 0 fully saturated rings. The number of unbranched alkanes of at least 4 members (excludes halogenated alkanes) is 2. The van der Waals surface area contributed by atoms with E-state index in [0.717, 1.165) is 30.4 Å². The SMILES string of the molecule is O=C(CCCCCC(=O)N/N=C/Cc1ccccc1)N/N=C/Cc1ccccc1. The van der Waals surface area contributed by atoms with Crippen LogP contribution >= 0.6 is 0 Å². The van der Waals surface area contributed by atoms with Crippen molar-refractivity contribution in [2.24, 2.45) is 10.2 Å². The molecular weight excluding hydrogens is 364 g/mol. The summed E-state index contributed by atoms with van der Waals surface area (Å²) < 4.78 is 0. The number of hydrogen-bond donors (Lipinski definition) is 2. The van der Waals surface area contributed by atoms with E-state index in [1.54, 1.807) is 12.4 Å². The van der Waals surface area contributed by atoms with Crippen molar-refractivity contribution in [3.8, 4) is 0 Å². The Morgan fingerprint density at radius 3 is 1.48 bits per heavy atom. The second-order valence-corrected chi connectivity index (χ2v) is 6.63. The van der Waals surface area contributed by atoms with Gasteiger partial charge in [0.1, 0.15) is 0 Å². The topological polar surface area (TPSA) is 82.9 Å². The average Bonchev–Trinajstić information content (AvgIpc) is 2.75. The molecule has 29 heavy (non-hydrogen) atoms. The first kappa shape index (κ1) is 22.0. The Bertz CT molecular complexity index is 722. The third kappa shape index (κ3) is 10.6. The number of hydrogen-bond acceptors (Lipinski definition) is 4. The molecule has 0 saturated heterocycles. The summed E-state index contributed by atoms with van der Waals surface area (Å²) in [5, 5.41) is 7.91. The van der Waals surface area contributed by atoms with Crippen LogP contribution < -0.4 is 10.9 Å². The summed E-state index contributed by atoms with van der Waals surface area (Å²) in [7, 11) is 0. The molecule has 2 N–H and O–H groups in total. The predicted molar refractivity (Wildman–Crippen MR) is 117 cm³/mol. The number of nitrogens with zero attached hydrogens (tertiary/aromatic N) is 2. The molecule has 2 amide bonds. The zero-order chi connectivity index (χ0) is 20.6. The van der Waals surface area contributed by atoms with Gasteiger partial charge in [-0.15, -0.1) is 0 Å². The molecule has 0 unspecified atom stereocenters. The Balaban J connectivity index is 1.46. The van der Waals surface area contributed by atoms with Gasteiger partial charge in [0.15, 0.2) is 0 Å². The predicted octanol–water partition coefficient (Wildman–Crippen LogP) is 3.63. The van der Waals surface area contributed by atoms with Crippen LogP contribution in [0.4, 0.5) is 0 Å². The van der Waals surface area contributed by atoms with Crippen LogP contribution in [0.1, 0.15) is 43.2 Å². The lowest BCUT2D eigenvalue weighted by Gasteiger charge is -2.01. The molecule has 0 aliphatic rings. The molecule has 2 aromatic rings. The summed E-state index contributed by atoms with van der Waals surface area (Å²) >= 11 is 0. The summed E-state index contributed by atoms with van der Waals surface area (Å²) in [6.45, 7) is 0. The number of amides is 2. The molecule has 6 heteroatoms. The van der Waals surface area contributed by atoms with Crippen molar-refractivity contribution in [3.63, 3.8) is 0 Å². The normalized spacial score (nSPS) is 11.0. The molecule has 152 valence electrons. The van der Waals surface area contributed by atoms with Crippen molar-refractivity contribution in [3.05, 3.63) is 71.8 Å². The van der Waals surface area contributed by atoms with Crippen LogP contribution in [0.3, 0.4) is 0 Å². The van der Waals surface area contributed by atoms with Crippen LogP contribution in [-0.2, 0) is 22.4 Å². The zero-order valence-electron chi connectivity index (χ0n) is 16.6. The van der Waals surface area contributed by atoms with E-state index in [0.29, 0.717) is 25.7 Å². The lowest BCUT2D eigenvalue weighted by atomic mass is 10.1. The van der Waals surface area contributed by atoms with Crippen LogP contribution in [-0.4, -0.2) is 24.2 Å². The van der Waals surface area contributed by atoms with Gasteiger partial charge in [-0.25, -0.2) is 10.9 Å². The quantitative estimate of drug-likeness (QED) is 0.328. The second-order valence-electron chi connectivity index (χ2n) is 6.63. The van der Waals surface area contributed by atoms with Crippen LogP contribution in [0, 0.1) is 0 Å². The smallest absolute Gasteiger partial charge is 0.240 e. The molecule has 0 aromatic heterocycles. The summed E-state index contributed by atoms with van der Waals surface area (Å²) in [6, 6.07) is 19.9. The first-order chi connectivity index (χ1) is 14.2. The maximum atomic E-state index is 11.7. The van der Waals surface area contributed by atoms with Gasteiger partial charge in [-0.3, -0.25) is 9.59 Å². The van der Waals surface area contributed by atoms with Crippen LogP contribution in [0.2, 0.25) is 0 Å². The Hall–Kier alpha value is -3.28. The number of rotatable bonds is 12. The fourth-order valence-electron chi connectivity index (χ4n) is 2.63. The molecular formula is C23H28N4O2. The highest BCUT2D eigenvalue weighted by molar-refractivity contribution is 5.77. The molecule has 0 saturated carbocycles. The van der Waals surface area contributed by atoms with Gasteiger partial charge in [-0.1, -0.05) is 67.1 Å². The van der Waals surface area contributed by atoms with Gasteiger partial charge < -0.3 is 0 Å². The molecule has 0 aliphatic heterocycles. The number of benzene rings is 2. The van der Waals surface area contributed by atoms with Crippen molar-refractivity contribution < 1.29 is 9.59 Å². The highest BCUT2D eigenvalue weighted by Crippen LogP contribution is 2.03. The Kier molecular flexibility index (Phi) is 10.5. The van der Waals surface area contributed by atoms with E-state index in [1.807, 2.05) is 60.7 Å². The van der Waals surface area contributed by atoms with E-state index < -0.39 is 0 Å². The van der Waals surface area contributed by atoms with Crippen LogP contribution in [0.25, 0.3) is 0 Å². The molecule has 0 bridgehead atoms. The number of nitrogens with one attached hydrogen (secondary N) is 2. The molecule has 0 spiro atoms. The van der Waals surface area contributed by atoms with Crippen molar-refractivity contribution in [1.82, 2.24) is 10.9 Å². The molecule has 0 aliphatic carbocycles. The maximum absolute atomic E-state index is 11.7. The van der Waals surface area contributed by atoms with Crippen molar-refractivity contribution >= 4 is 24.2 Å². The van der Waals surface area contributed by atoms with Crippen molar-refractivity contribution in [2.75, 3.05) is 0 Å². The van der Waals surface area contributed by atoms with Gasteiger partial charge in [0, 0.05) is 38.1 Å². The maximum Gasteiger partial charge on any atom is 0.240 e. The second kappa shape index (κ2) is 13.8. The lowest BCUT2D eigenvalue weighted by Crippen LogP contribution is -2.18. The Morgan fingerprint density at radius 2 is 1.07 bits per heavy atom. The molecule has 0 atom stereocenters. The van der Waals surface area contributed by atoms with E-state index >= 15 is 0 Å². The highest BCUT2D eigenvalue weighted by Gasteiger charge is 2.02. The molecule has 2 aromatic carbocycles. The monoisotopic (exact) mass is 392 g/mol. The molecule has 2 rings (SSSR count). The van der Waals surface area contributed by atoms with Gasteiger partial charge in [0.2, 0.25) is 11.8 Å². The third-order valence-electron chi connectivity index (χ3n) is 4.21. The number of hydrazone groups is 2. The van der Waals surface area contributed by atoms with Gasteiger partial charge in [-0.2, -0.15) is 10.2 Å². The van der Waals surface area contributed by atoms with E-state index in [4.69, 9.17) is 0 Å². The van der Waals surface area contributed by atoms with Gasteiger partial charge in [0.05, 0.1) is 0 Å². The van der Waals surface area contributed by atoms with E-state index in [2.05, 4.69) is 21.1 Å². The highest BCUT2D eigenvalue weighted by atomic mass is 16.2. The van der Waals surface area contributed by atoms with E-state index in [1.165, 1.54) is 0 Å².